The minimum Gasteiger partial charge on any atom is -0.456 e. The third-order valence-corrected chi connectivity index (χ3v) is 4.24. The lowest BCUT2D eigenvalue weighted by molar-refractivity contribution is -0.149. The van der Waals surface area contributed by atoms with Crippen molar-refractivity contribution in [2.75, 3.05) is 23.8 Å². The molecule has 7 nitrogen and oxygen atoms in total. The molecule has 1 aromatic carbocycles. The Hall–Kier alpha value is -2.41. The van der Waals surface area contributed by atoms with Crippen molar-refractivity contribution in [3.8, 4) is 0 Å². The highest BCUT2D eigenvalue weighted by Crippen LogP contribution is 2.25. The second-order valence-corrected chi connectivity index (χ2v) is 6.46. The molecule has 0 saturated carbocycles. The van der Waals surface area contributed by atoms with Crippen LogP contribution >= 0.6 is 0 Å². The molecule has 2 rings (SSSR count). The van der Waals surface area contributed by atoms with Gasteiger partial charge in [0.05, 0.1) is 6.10 Å². The molecule has 0 spiro atoms. The van der Waals surface area contributed by atoms with Crippen LogP contribution in [-0.2, 0) is 23.9 Å². The average Bonchev–Trinajstić information content (AvgIpc) is 2.61. The molecule has 1 aliphatic rings. The first-order chi connectivity index (χ1) is 12.5. The predicted molar refractivity (Wildman–Crippen MR) is 97.7 cm³/mol. The van der Waals surface area contributed by atoms with Crippen molar-refractivity contribution < 1.29 is 23.9 Å². The number of esters is 1. The fourth-order valence-corrected chi connectivity index (χ4v) is 2.91. The zero-order valence-electron chi connectivity index (χ0n) is 15.2. The van der Waals surface area contributed by atoms with Gasteiger partial charge in [0.15, 0.2) is 6.61 Å². The maximum atomic E-state index is 11.9. The molecule has 7 heteroatoms. The number of amides is 2. The van der Waals surface area contributed by atoms with Gasteiger partial charge in [-0.15, -0.1) is 0 Å². The molecule has 1 aliphatic heterocycles. The van der Waals surface area contributed by atoms with Crippen molar-refractivity contribution in [1.82, 2.24) is 0 Å². The van der Waals surface area contributed by atoms with Gasteiger partial charge in [0.25, 0.3) is 5.91 Å². The molecule has 0 aromatic heterocycles. The van der Waals surface area contributed by atoms with Crippen molar-refractivity contribution >= 4 is 29.2 Å². The van der Waals surface area contributed by atoms with Gasteiger partial charge in [-0.3, -0.25) is 14.4 Å². The standard InChI is InChI=1S/C19H26N2O5/c1-3-17-10-14(8-9-25-17)11-19(24)26-12-18(23)21-16-6-4-15(5-7-16)20-13(2)22/h4-7,14,17H,3,8-12H2,1-2H3,(H,20,22)(H,21,23). The Labute approximate surface area is 153 Å². The SMILES string of the molecule is CCC1CC(CC(=O)OCC(=O)Nc2ccc(NC(C)=O)cc2)CCO1. The van der Waals surface area contributed by atoms with Gasteiger partial charge in [0.2, 0.25) is 5.91 Å². The summed E-state index contributed by atoms with van der Waals surface area (Å²) >= 11 is 0. The van der Waals surface area contributed by atoms with E-state index in [1.165, 1.54) is 6.92 Å². The van der Waals surface area contributed by atoms with Gasteiger partial charge < -0.3 is 20.1 Å². The summed E-state index contributed by atoms with van der Waals surface area (Å²) in [5.74, 6) is -0.666. The van der Waals surface area contributed by atoms with E-state index >= 15 is 0 Å². The smallest absolute Gasteiger partial charge is 0.306 e. The molecule has 2 atom stereocenters. The van der Waals surface area contributed by atoms with Crippen molar-refractivity contribution in [2.24, 2.45) is 5.92 Å². The molecule has 2 amide bonds. The van der Waals surface area contributed by atoms with E-state index in [9.17, 15) is 14.4 Å². The first kappa shape index (κ1) is 19.9. The zero-order valence-corrected chi connectivity index (χ0v) is 15.2. The van der Waals surface area contributed by atoms with Crippen LogP contribution in [0.2, 0.25) is 0 Å². The molecule has 142 valence electrons. The van der Waals surface area contributed by atoms with Gasteiger partial charge in [0.1, 0.15) is 0 Å². The van der Waals surface area contributed by atoms with E-state index in [1.807, 2.05) is 0 Å². The first-order valence-electron chi connectivity index (χ1n) is 8.91. The van der Waals surface area contributed by atoms with Crippen LogP contribution in [0.1, 0.15) is 39.5 Å². The molecule has 1 fully saturated rings. The molecule has 0 radical (unpaired) electrons. The summed E-state index contributed by atoms with van der Waals surface area (Å²) in [7, 11) is 0. The van der Waals surface area contributed by atoms with Crippen molar-refractivity contribution in [2.45, 2.75) is 45.6 Å². The number of carbonyl (C=O) groups is 3. The highest BCUT2D eigenvalue weighted by molar-refractivity contribution is 5.93. The van der Waals surface area contributed by atoms with Gasteiger partial charge in [-0.2, -0.15) is 0 Å². The third-order valence-electron chi connectivity index (χ3n) is 4.24. The molecule has 2 N–H and O–H groups in total. The van der Waals surface area contributed by atoms with Crippen LogP contribution in [0.15, 0.2) is 24.3 Å². The largest absolute Gasteiger partial charge is 0.456 e. The van der Waals surface area contributed by atoms with Crippen LogP contribution in [0.25, 0.3) is 0 Å². The minimum absolute atomic E-state index is 0.163. The van der Waals surface area contributed by atoms with E-state index in [2.05, 4.69) is 17.6 Å². The van der Waals surface area contributed by atoms with Crippen LogP contribution in [0, 0.1) is 5.92 Å². The highest BCUT2D eigenvalue weighted by Gasteiger charge is 2.24. The van der Waals surface area contributed by atoms with Crippen LogP contribution in [-0.4, -0.2) is 37.1 Å². The predicted octanol–water partition coefficient (Wildman–Crippen LogP) is 2.72. The Morgan fingerprint density at radius 1 is 1.15 bits per heavy atom. The van der Waals surface area contributed by atoms with Crippen LogP contribution < -0.4 is 10.6 Å². The van der Waals surface area contributed by atoms with Gasteiger partial charge in [0, 0.05) is 31.3 Å². The lowest BCUT2D eigenvalue weighted by atomic mass is 9.91. The molecule has 0 bridgehead atoms. The maximum Gasteiger partial charge on any atom is 0.306 e. The Bertz CT molecular complexity index is 629. The second-order valence-electron chi connectivity index (χ2n) is 6.46. The van der Waals surface area contributed by atoms with Crippen molar-refractivity contribution in [3.63, 3.8) is 0 Å². The Morgan fingerprint density at radius 3 is 2.42 bits per heavy atom. The summed E-state index contributed by atoms with van der Waals surface area (Å²) in [4.78, 5) is 34.8. The highest BCUT2D eigenvalue weighted by atomic mass is 16.5. The maximum absolute atomic E-state index is 11.9. The molecular formula is C19H26N2O5. The zero-order chi connectivity index (χ0) is 18.9. The fourth-order valence-electron chi connectivity index (χ4n) is 2.91. The third kappa shape index (κ3) is 6.84. The summed E-state index contributed by atoms with van der Waals surface area (Å²) in [6.07, 6.45) is 3.18. The van der Waals surface area contributed by atoms with E-state index in [-0.39, 0.29) is 30.5 Å². The Morgan fingerprint density at radius 2 is 1.81 bits per heavy atom. The van der Waals surface area contributed by atoms with Crippen molar-refractivity contribution in [1.29, 1.82) is 0 Å². The second kappa shape index (κ2) is 9.91. The minimum atomic E-state index is -0.399. The summed E-state index contributed by atoms with van der Waals surface area (Å²) in [5, 5.41) is 5.29. The summed E-state index contributed by atoms with van der Waals surface area (Å²) < 4.78 is 10.7. The normalized spacial score (nSPS) is 19.5. The van der Waals surface area contributed by atoms with E-state index in [0.29, 0.717) is 24.4 Å². The summed E-state index contributed by atoms with van der Waals surface area (Å²) in [5.41, 5.74) is 1.21. The number of rotatable bonds is 7. The van der Waals surface area contributed by atoms with Crippen LogP contribution in [0.5, 0.6) is 0 Å². The summed E-state index contributed by atoms with van der Waals surface area (Å²) in [6, 6.07) is 6.69. The number of hydrogen-bond acceptors (Lipinski definition) is 5. The van der Waals surface area contributed by atoms with Crippen LogP contribution in [0.4, 0.5) is 11.4 Å². The molecule has 0 aliphatic carbocycles. The number of hydrogen-bond donors (Lipinski definition) is 2. The topological polar surface area (TPSA) is 93.7 Å². The summed E-state index contributed by atoms with van der Waals surface area (Å²) in [6.45, 7) is 3.85. The molecule has 1 heterocycles. The van der Waals surface area contributed by atoms with E-state index in [0.717, 1.165) is 19.3 Å². The van der Waals surface area contributed by atoms with Gasteiger partial charge in [-0.1, -0.05) is 6.92 Å². The molecule has 2 unspecified atom stereocenters. The molecule has 26 heavy (non-hydrogen) atoms. The van der Waals surface area contributed by atoms with Gasteiger partial charge >= 0.3 is 5.97 Å². The fraction of sp³-hybridized carbons (Fsp3) is 0.526. The van der Waals surface area contributed by atoms with E-state index < -0.39 is 5.91 Å². The van der Waals surface area contributed by atoms with E-state index in [4.69, 9.17) is 9.47 Å². The molecule has 1 saturated heterocycles. The number of ether oxygens (including phenoxy) is 2. The van der Waals surface area contributed by atoms with Gasteiger partial charge in [-0.05, 0) is 49.4 Å². The lowest BCUT2D eigenvalue weighted by Gasteiger charge is -2.28. The Kier molecular flexibility index (Phi) is 7.59. The monoisotopic (exact) mass is 362 g/mol. The first-order valence-corrected chi connectivity index (χ1v) is 8.91. The quantitative estimate of drug-likeness (QED) is 0.728. The van der Waals surface area contributed by atoms with Crippen molar-refractivity contribution in [3.05, 3.63) is 24.3 Å². The number of anilines is 2. The number of nitrogens with one attached hydrogen (secondary N) is 2. The van der Waals surface area contributed by atoms with Gasteiger partial charge in [-0.25, -0.2) is 0 Å². The lowest BCUT2D eigenvalue weighted by Crippen LogP contribution is -2.28. The average molecular weight is 362 g/mol. The number of carbonyl (C=O) groups excluding carboxylic acids is 3. The number of benzene rings is 1. The molecule has 1 aromatic rings. The Balaban J connectivity index is 1.70. The van der Waals surface area contributed by atoms with E-state index in [1.54, 1.807) is 24.3 Å². The van der Waals surface area contributed by atoms with Crippen LogP contribution in [0.3, 0.4) is 0 Å². The molecular weight excluding hydrogens is 336 g/mol.